The smallest absolute Gasteiger partial charge is 0.206 e. The van der Waals surface area contributed by atoms with Gasteiger partial charge in [0.15, 0.2) is 0 Å². The van der Waals surface area contributed by atoms with Gasteiger partial charge in [0.25, 0.3) is 0 Å². The summed E-state index contributed by atoms with van der Waals surface area (Å²) in [6.07, 6.45) is 3.77. The Labute approximate surface area is 116 Å². The third-order valence-corrected chi connectivity index (χ3v) is 2.43. The number of hydrogen-bond acceptors (Lipinski definition) is 4. The van der Waals surface area contributed by atoms with E-state index in [1.165, 1.54) is 0 Å². The second-order valence-electron chi connectivity index (χ2n) is 2.67. The summed E-state index contributed by atoms with van der Waals surface area (Å²) in [5.74, 6) is 0. The van der Waals surface area contributed by atoms with E-state index < -0.39 is 0 Å². The van der Waals surface area contributed by atoms with Crippen molar-refractivity contribution in [3.63, 3.8) is 0 Å². The van der Waals surface area contributed by atoms with Crippen molar-refractivity contribution in [3.8, 4) is 0 Å². The van der Waals surface area contributed by atoms with Crippen LogP contribution in [0.5, 0.6) is 0 Å². The molecule has 0 unspecified atom stereocenters. The van der Waals surface area contributed by atoms with E-state index in [0.717, 1.165) is 30.9 Å². The predicted molar refractivity (Wildman–Crippen MR) is 55.4 cm³/mol. The molecule has 0 aromatic carbocycles. The van der Waals surface area contributed by atoms with E-state index in [1.54, 1.807) is 22.5 Å². The van der Waals surface area contributed by atoms with Gasteiger partial charge in [-0.05, 0) is 13.0 Å². The number of nitrogens with one attached hydrogen (secondary N) is 1. The van der Waals surface area contributed by atoms with E-state index >= 15 is 0 Å². The Morgan fingerprint density at radius 3 is 3.07 bits per heavy atom. The van der Waals surface area contributed by atoms with Crippen molar-refractivity contribution >= 4 is 19.3 Å². The summed E-state index contributed by atoms with van der Waals surface area (Å²) in [6, 6.07) is 0. The molecule has 0 spiro atoms. The maximum absolute atomic E-state index is 5.54. The van der Waals surface area contributed by atoms with Crippen molar-refractivity contribution in [2.45, 2.75) is 19.8 Å². The van der Waals surface area contributed by atoms with Crippen molar-refractivity contribution < 1.29 is 32.7 Å². The topological polar surface area (TPSA) is 28.2 Å². The summed E-state index contributed by atoms with van der Waals surface area (Å²) in [5.41, 5.74) is 3.07. The minimum atomic E-state index is 0. The summed E-state index contributed by atoms with van der Waals surface area (Å²) in [5, 5.41) is 4.11. The predicted octanol–water partition coefficient (Wildman–Crippen LogP) is 0.783. The molecule has 0 aliphatic carbocycles. The molecule has 0 amide bonds. The van der Waals surface area contributed by atoms with Gasteiger partial charge < -0.3 is 16.3 Å². The fourth-order valence-electron chi connectivity index (χ4n) is 0.909. The molecule has 1 rings (SSSR count). The summed E-state index contributed by atoms with van der Waals surface area (Å²) in [7, 11) is 5.54. The Balaban J connectivity index is 0.00000169. The minimum absolute atomic E-state index is 0. The average Bonchev–Trinajstić information content (AvgIpc) is 2.64. The maximum Gasteiger partial charge on any atom is 0.206 e. The first kappa shape index (κ1) is 14.7. The molecule has 73 valence electrons. The molecule has 0 fully saturated rings. The van der Waals surface area contributed by atoms with Gasteiger partial charge in [-0.3, -0.25) is 10.3 Å². The number of aromatic nitrogens is 1. The Hall–Kier alpha value is 0.719. The van der Waals surface area contributed by atoms with E-state index in [0.29, 0.717) is 0 Å². The summed E-state index contributed by atoms with van der Waals surface area (Å²) in [4.78, 5) is 5.73. The van der Waals surface area contributed by atoms with E-state index in [2.05, 4.69) is 15.8 Å². The van der Waals surface area contributed by atoms with Crippen molar-refractivity contribution in [1.82, 2.24) is 15.3 Å². The monoisotopic (exact) mass is 283 g/mol. The molecule has 1 aromatic heterocycles. The molecular weight excluding hydrogens is 270 g/mol. The largest absolute Gasteiger partial charge is 0.364 e. The van der Waals surface area contributed by atoms with Crippen molar-refractivity contribution in [2.24, 2.45) is 0 Å². The zero-order chi connectivity index (χ0) is 9.52. The number of hydrazine groups is 1. The number of aryl methyl sites for hydroxylation is 1. The zero-order valence-electron chi connectivity index (χ0n) is 8.36. The van der Waals surface area contributed by atoms with Gasteiger partial charge in [-0.1, -0.05) is 24.5 Å². The van der Waals surface area contributed by atoms with Crippen molar-refractivity contribution in [2.75, 3.05) is 13.1 Å². The van der Waals surface area contributed by atoms with Crippen molar-refractivity contribution in [3.05, 3.63) is 16.6 Å². The van der Waals surface area contributed by atoms with E-state index in [4.69, 9.17) is 7.98 Å². The standard InChI is InChI=1S/C8H13BN3S.Y/c1-2-12(9)11-5-3-4-8-10-6-7-13-8;/h6,11H,2-5H2,1H3;/q-1;. The Morgan fingerprint density at radius 1 is 1.71 bits per heavy atom. The molecule has 1 aromatic rings. The summed E-state index contributed by atoms with van der Waals surface area (Å²) >= 11 is 1.58. The van der Waals surface area contributed by atoms with Crippen LogP contribution in [0.4, 0.5) is 0 Å². The third kappa shape index (κ3) is 6.25. The van der Waals surface area contributed by atoms with Gasteiger partial charge in [0.1, 0.15) is 0 Å². The van der Waals surface area contributed by atoms with E-state index in [9.17, 15) is 0 Å². The second-order valence-corrected chi connectivity index (χ2v) is 3.58. The van der Waals surface area contributed by atoms with Crippen LogP contribution in [0.3, 0.4) is 0 Å². The molecule has 3 radical (unpaired) electrons. The molecule has 0 saturated carbocycles. The number of thiazole rings is 1. The molecule has 0 saturated heterocycles. The molecule has 0 aliphatic rings. The van der Waals surface area contributed by atoms with Crippen molar-refractivity contribution in [1.29, 1.82) is 0 Å². The Kier molecular flexibility index (Phi) is 9.44. The van der Waals surface area contributed by atoms with Crippen LogP contribution in [0, 0.1) is 5.38 Å². The second kappa shape index (κ2) is 8.98. The number of nitrogens with zero attached hydrogens (tertiary/aromatic N) is 2. The van der Waals surface area contributed by atoms with Crippen LogP contribution in [0.2, 0.25) is 0 Å². The van der Waals surface area contributed by atoms with Gasteiger partial charge in [-0.15, -0.1) is 0 Å². The zero-order valence-corrected chi connectivity index (χ0v) is 12.0. The molecule has 14 heavy (non-hydrogen) atoms. The van der Waals surface area contributed by atoms with Crippen LogP contribution in [0.25, 0.3) is 0 Å². The summed E-state index contributed by atoms with van der Waals surface area (Å²) < 4.78 is 0. The van der Waals surface area contributed by atoms with Gasteiger partial charge in [0, 0.05) is 39.3 Å². The quantitative estimate of drug-likeness (QED) is 0.362. The molecule has 0 aliphatic heterocycles. The van der Waals surface area contributed by atoms with Crippen LogP contribution in [0.15, 0.2) is 6.20 Å². The van der Waals surface area contributed by atoms with Crippen LogP contribution in [0.1, 0.15) is 18.4 Å². The first-order valence-corrected chi connectivity index (χ1v) is 5.21. The SMILES string of the molecule is [B]N(CC)NCCCc1nc[c-]s1.[Y]. The maximum atomic E-state index is 5.54. The fraction of sp³-hybridized carbons (Fsp3) is 0.625. The fourth-order valence-corrected chi connectivity index (χ4v) is 1.50. The molecule has 6 heteroatoms. The van der Waals surface area contributed by atoms with Gasteiger partial charge >= 0.3 is 0 Å². The van der Waals surface area contributed by atoms with E-state index in [1.807, 2.05) is 6.92 Å². The van der Waals surface area contributed by atoms with Crippen LogP contribution >= 0.6 is 11.3 Å². The minimum Gasteiger partial charge on any atom is -0.364 e. The molecule has 3 nitrogen and oxygen atoms in total. The molecular formula is C8H13BN3SY-. The molecule has 1 N–H and O–H groups in total. The van der Waals surface area contributed by atoms with Gasteiger partial charge in [-0.2, -0.15) is 5.38 Å². The van der Waals surface area contributed by atoms with E-state index in [-0.39, 0.29) is 32.7 Å². The first-order chi connectivity index (χ1) is 6.33. The Bertz CT molecular complexity index is 220. The van der Waals surface area contributed by atoms with Gasteiger partial charge in [0.2, 0.25) is 7.98 Å². The third-order valence-electron chi connectivity index (χ3n) is 1.66. The molecule has 1 heterocycles. The van der Waals surface area contributed by atoms with Crippen LogP contribution in [-0.4, -0.2) is 31.0 Å². The molecule has 0 atom stereocenters. The van der Waals surface area contributed by atoms with Gasteiger partial charge in [-0.25, -0.2) is 0 Å². The molecule has 0 bridgehead atoms. The Morgan fingerprint density at radius 2 is 2.50 bits per heavy atom. The van der Waals surface area contributed by atoms with Crippen LogP contribution < -0.4 is 5.43 Å². The first-order valence-electron chi connectivity index (χ1n) is 4.39. The summed E-state index contributed by atoms with van der Waals surface area (Å²) in [6.45, 7) is 3.71. The average molecular weight is 283 g/mol. The number of rotatable bonds is 6. The van der Waals surface area contributed by atoms with Crippen LogP contribution in [-0.2, 0) is 39.1 Å². The van der Waals surface area contributed by atoms with Gasteiger partial charge in [0.05, 0.1) is 0 Å². The number of hydrogen-bond donors (Lipinski definition) is 1. The normalized spacial score (nSPS) is 10.1.